The van der Waals surface area contributed by atoms with Crippen molar-refractivity contribution in [3.63, 3.8) is 0 Å². The van der Waals surface area contributed by atoms with Crippen molar-refractivity contribution in [2.75, 3.05) is 12.3 Å². The highest BCUT2D eigenvalue weighted by Gasteiger charge is 2.21. The number of amides is 2. The van der Waals surface area contributed by atoms with Crippen LogP contribution in [0.25, 0.3) is 0 Å². The third-order valence-electron chi connectivity index (χ3n) is 2.45. The van der Waals surface area contributed by atoms with Gasteiger partial charge in [-0.15, -0.1) is 0 Å². The first-order valence-electron chi connectivity index (χ1n) is 5.47. The molecule has 0 atom stereocenters. The van der Waals surface area contributed by atoms with Crippen LogP contribution in [-0.2, 0) is 4.79 Å². The summed E-state index contributed by atoms with van der Waals surface area (Å²) in [4.78, 5) is 24.3. The third kappa shape index (κ3) is 3.19. The Morgan fingerprint density at radius 2 is 2.00 bits per heavy atom. The summed E-state index contributed by atoms with van der Waals surface area (Å²) >= 11 is 0. The summed E-state index contributed by atoms with van der Waals surface area (Å²) in [5.74, 6) is -1.60. The predicted octanol–water partition coefficient (Wildman–Crippen LogP) is 0.744. The van der Waals surface area contributed by atoms with E-state index in [1.54, 1.807) is 13.8 Å². The predicted molar refractivity (Wildman–Crippen MR) is 66.2 cm³/mol. The number of hydrogen-bond donors (Lipinski definition) is 2. The zero-order valence-corrected chi connectivity index (χ0v) is 10.3. The second-order valence-electron chi connectivity index (χ2n) is 4.23. The molecule has 0 aliphatic carbocycles. The lowest BCUT2D eigenvalue weighted by Gasteiger charge is -2.25. The lowest BCUT2D eigenvalue weighted by Crippen LogP contribution is -2.42. The van der Waals surface area contributed by atoms with Gasteiger partial charge in [-0.2, -0.15) is 0 Å². The average Bonchev–Trinajstić information content (AvgIpc) is 2.28. The molecule has 4 N–H and O–H groups in total. The van der Waals surface area contributed by atoms with Crippen molar-refractivity contribution in [2.24, 2.45) is 5.73 Å². The van der Waals surface area contributed by atoms with Gasteiger partial charge >= 0.3 is 0 Å². The molecule has 0 bridgehead atoms. The van der Waals surface area contributed by atoms with Gasteiger partial charge in [-0.1, -0.05) is 0 Å². The minimum Gasteiger partial charge on any atom is -0.396 e. The lowest BCUT2D eigenvalue weighted by molar-refractivity contribution is -0.119. The summed E-state index contributed by atoms with van der Waals surface area (Å²) in [6, 6.07) is 3.49. The first-order valence-corrected chi connectivity index (χ1v) is 5.47. The molecule has 18 heavy (non-hydrogen) atoms. The van der Waals surface area contributed by atoms with Gasteiger partial charge < -0.3 is 16.4 Å². The summed E-state index contributed by atoms with van der Waals surface area (Å²) in [5.41, 5.74) is 10.6. The van der Waals surface area contributed by atoms with Crippen molar-refractivity contribution >= 4 is 17.5 Å². The smallest absolute Gasteiger partial charge is 0.254 e. The van der Waals surface area contributed by atoms with Crippen LogP contribution in [0, 0.1) is 5.82 Å². The summed E-state index contributed by atoms with van der Waals surface area (Å²) in [6.07, 6.45) is 0. The van der Waals surface area contributed by atoms with Gasteiger partial charge in [0.2, 0.25) is 5.91 Å². The minimum absolute atomic E-state index is 0.108. The van der Waals surface area contributed by atoms with Crippen molar-refractivity contribution in [1.29, 1.82) is 0 Å². The Balaban J connectivity index is 3.02. The number of nitrogens with zero attached hydrogens (tertiary/aromatic N) is 1. The Kier molecular flexibility index (Phi) is 4.25. The summed E-state index contributed by atoms with van der Waals surface area (Å²) in [6.45, 7) is 3.33. The van der Waals surface area contributed by atoms with E-state index >= 15 is 0 Å². The molecule has 0 saturated heterocycles. The number of nitrogen functional groups attached to an aromatic ring is 1. The fourth-order valence-corrected chi connectivity index (χ4v) is 1.50. The summed E-state index contributed by atoms with van der Waals surface area (Å²) < 4.78 is 13.0. The van der Waals surface area contributed by atoms with Crippen LogP contribution in [0.5, 0.6) is 0 Å². The van der Waals surface area contributed by atoms with E-state index in [4.69, 9.17) is 11.5 Å². The third-order valence-corrected chi connectivity index (χ3v) is 2.45. The zero-order chi connectivity index (χ0) is 13.9. The first kappa shape index (κ1) is 14.0. The highest BCUT2D eigenvalue weighted by atomic mass is 19.1. The standard InChI is InChI=1S/C12H16FN3O2/c1-7(2)16(6-11(15)17)12(18)8-3-4-9(13)10(14)5-8/h3-5,7H,6,14H2,1-2H3,(H2,15,17). The number of primary amides is 1. The largest absolute Gasteiger partial charge is 0.396 e. The van der Waals surface area contributed by atoms with Crippen molar-refractivity contribution in [2.45, 2.75) is 19.9 Å². The number of halogens is 1. The molecule has 0 radical (unpaired) electrons. The maximum atomic E-state index is 13.0. The van der Waals surface area contributed by atoms with Gasteiger partial charge in [-0.3, -0.25) is 9.59 Å². The molecule has 0 aromatic heterocycles. The number of nitrogens with two attached hydrogens (primary N) is 2. The molecule has 0 fully saturated rings. The topological polar surface area (TPSA) is 89.4 Å². The molecular weight excluding hydrogens is 237 g/mol. The van der Waals surface area contributed by atoms with Crippen LogP contribution in [0.3, 0.4) is 0 Å². The Labute approximate surface area is 105 Å². The van der Waals surface area contributed by atoms with Crippen LogP contribution in [0.15, 0.2) is 18.2 Å². The summed E-state index contributed by atoms with van der Waals surface area (Å²) in [7, 11) is 0. The second kappa shape index (κ2) is 5.48. The summed E-state index contributed by atoms with van der Waals surface area (Å²) in [5, 5.41) is 0. The average molecular weight is 253 g/mol. The van der Waals surface area contributed by atoms with Gasteiger partial charge in [0.05, 0.1) is 12.2 Å². The van der Waals surface area contributed by atoms with Crippen LogP contribution < -0.4 is 11.5 Å². The number of anilines is 1. The van der Waals surface area contributed by atoms with Crippen molar-refractivity contribution in [3.8, 4) is 0 Å². The molecule has 1 aromatic carbocycles. The van der Waals surface area contributed by atoms with Crippen molar-refractivity contribution in [3.05, 3.63) is 29.6 Å². The highest BCUT2D eigenvalue weighted by Crippen LogP contribution is 2.15. The molecule has 0 saturated carbocycles. The van der Waals surface area contributed by atoms with Crippen molar-refractivity contribution < 1.29 is 14.0 Å². The van der Waals surface area contributed by atoms with Gasteiger partial charge in [0.15, 0.2) is 0 Å². The van der Waals surface area contributed by atoms with E-state index in [-0.39, 0.29) is 23.8 Å². The monoisotopic (exact) mass is 253 g/mol. The molecular formula is C12H16FN3O2. The molecule has 2 amide bonds. The molecule has 98 valence electrons. The van der Waals surface area contributed by atoms with Gasteiger partial charge in [-0.05, 0) is 32.0 Å². The highest BCUT2D eigenvalue weighted by molar-refractivity contribution is 5.97. The maximum absolute atomic E-state index is 13.0. The fraction of sp³-hybridized carbons (Fsp3) is 0.333. The van der Waals surface area contributed by atoms with Crippen LogP contribution in [0.2, 0.25) is 0 Å². The van der Waals surface area contributed by atoms with E-state index < -0.39 is 17.6 Å². The van der Waals surface area contributed by atoms with Gasteiger partial charge in [0.25, 0.3) is 5.91 Å². The number of carbonyl (C=O) groups is 2. The zero-order valence-electron chi connectivity index (χ0n) is 10.3. The molecule has 6 heteroatoms. The van der Waals surface area contributed by atoms with Crippen LogP contribution >= 0.6 is 0 Å². The van der Waals surface area contributed by atoms with Crippen LogP contribution in [0.1, 0.15) is 24.2 Å². The van der Waals surface area contributed by atoms with Crippen LogP contribution in [-0.4, -0.2) is 29.3 Å². The molecule has 0 heterocycles. The number of hydrogen-bond acceptors (Lipinski definition) is 3. The van der Waals surface area contributed by atoms with Crippen LogP contribution in [0.4, 0.5) is 10.1 Å². The second-order valence-corrected chi connectivity index (χ2v) is 4.23. The Hall–Kier alpha value is -2.11. The number of benzene rings is 1. The number of carbonyl (C=O) groups excluding carboxylic acids is 2. The SMILES string of the molecule is CC(C)N(CC(N)=O)C(=O)c1ccc(F)c(N)c1. The van der Waals surface area contributed by atoms with Gasteiger partial charge in [0, 0.05) is 11.6 Å². The molecule has 0 aliphatic heterocycles. The normalized spacial score (nSPS) is 10.4. The minimum atomic E-state index is -0.605. The van der Waals surface area contributed by atoms with E-state index in [1.807, 2.05) is 0 Å². The Bertz CT molecular complexity index is 474. The number of rotatable bonds is 4. The maximum Gasteiger partial charge on any atom is 0.254 e. The van der Waals surface area contributed by atoms with E-state index in [1.165, 1.54) is 17.0 Å². The Morgan fingerprint density at radius 1 is 1.39 bits per heavy atom. The first-order chi connectivity index (χ1) is 8.32. The van der Waals surface area contributed by atoms with Crippen molar-refractivity contribution in [1.82, 2.24) is 4.90 Å². The van der Waals surface area contributed by atoms with E-state index in [2.05, 4.69) is 0 Å². The molecule has 1 aromatic rings. The fourth-order valence-electron chi connectivity index (χ4n) is 1.50. The van der Waals surface area contributed by atoms with E-state index in [0.29, 0.717) is 0 Å². The lowest BCUT2D eigenvalue weighted by atomic mass is 10.1. The van der Waals surface area contributed by atoms with E-state index in [9.17, 15) is 14.0 Å². The van der Waals surface area contributed by atoms with Gasteiger partial charge in [-0.25, -0.2) is 4.39 Å². The molecule has 5 nitrogen and oxygen atoms in total. The molecule has 0 spiro atoms. The molecule has 1 rings (SSSR count). The Morgan fingerprint density at radius 3 is 2.44 bits per heavy atom. The molecule has 0 aliphatic rings. The van der Waals surface area contributed by atoms with Gasteiger partial charge in [0.1, 0.15) is 5.82 Å². The van der Waals surface area contributed by atoms with E-state index in [0.717, 1.165) is 6.07 Å². The quantitative estimate of drug-likeness (QED) is 0.776. The molecule has 0 unspecified atom stereocenters.